The van der Waals surface area contributed by atoms with Crippen molar-refractivity contribution in [1.29, 1.82) is 0 Å². The first-order chi connectivity index (χ1) is 9.65. The van der Waals surface area contributed by atoms with Crippen LogP contribution in [0.4, 0.5) is 5.00 Å². The second kappa shape index (κ2) is 6.81. The van der Waals surface area contributed by atoms with E-state index in [2.05, 4.69) is 21.6 Å². The lowest BCUT2D eigenvalue weighted by Crippen LogP contribution is -2.09. The number of carbonyl (C=O) groups excluding carboxylic acids is 1. The van der Waals surface area contributed by atoms with Crippen molar-refractivity contribution in [2.45, 2.75) is 33.7 Å². The molecule has 2 heterocycles. The van der Waals surface area contributed by atoms with Crippen molar-refractivity contribution >= 4 is 33.8 Å². The van der Waals surface area contributed by atoms with Gasteiger partial charge in [-0.1, -0.05) is 6.92 Å². The van der Waals surface area contributed by atoms with E-state index < -0.39 is 0 Å². The van der Waals surface area contributed by atoms with Crippen LogP contribution in [-0.4, -0.2) is 21.9 Å². The number of esters is 1. The second-order valence-electron chi connectivity index (χ2n) is 4.12. The molecule has 0 saturated heterocycles. The van der Waals surface area contributed by atoms with Crippen molar-refractivity contribution < 1.29 is 9.53 Å². The molecule has 0 atom stereocenters. The molecule has 20 heavy (non-hydrogen) atoms. The Hall–Kier alpha value is -1.47. The highest BCUT2D eigenvalue weighted by Gasteiger charge is 2.19. The molecule has 1 N–H and O–H groups in total. The van der Waals surface area contributed by atoms with Gasteiger partial charge >= 0.3 is 5.97 Å². The fourth-order valence-electron chi connectivity index (χ4n) is 1.68. The smallest absolute Gasteiger partial charge is 0.343 e. The summed E-state index contributed by atoms with van der Waals surface area (Å²) in [6.45, 7) is 6.67. The number of rotatable bonds is 6. The maximum atomic E-state index is 11.9. The van der Waals surface area contributed by atoms with Crippen LogP contribution in [0.3, 0.4) is 0 Å². The Morgan fingerprint density at radius 1 is 1.45 bits per heavy atom. The van der Waals surface area contributed by atoms with E-state index in [0.29, 0.717) is 24.4 Å². The van der Waals surface area contributed by atoms with E-state index in [1.54, 1.807) is 18.3 Å². The molecule has 0 saturated carbocycles. The second-order valence-corrected chi connectivity index (χ2v) is 6.09. The van der Waals surface area contributed by atoms with E-state index in [9.17, 15) is 4.79 Å². The number of hydrogen-bond acceptors (Lipinski definition) is 7. The normalized spacial score (nSPS) is 10.6. The van der Waals surface area contributed by atoms with E-state index in [4.69, 9.17) is 4.74 Å². The highest BCUT2D eigenvalue weighted by Crippen LogP contribution is 2.26. The predicted octanol–water partition coefficient (Wildman–Crippen LogP) is 3.26. The Morgan fingerprint density at radius 3 is 2.90 bits per heavy atom. The summed E-state index contributed by atoms with van der Waals surface area (Å²) in [6, 6.07) is 0. The number of nitrogens with one attached hydrogen (secondary N) is 1. The number of anilines is 1. The summed E-state index contributed by atoms with van der Waals surface area (Å²) in [5, 5.41) is 4.98. The van der Waals surface area contributed by atoms with Gasteiger partial charge in [-0.15, -0.1) is 11.3 Å². The SMILES string of the molecule is CCOC(=O)c1c(C)nsc1NCc1ncc(CC)s1. The van der Waals surface area contributed by atoms with Crippen molar-refractivity contribution in [3.05, 3.63) is 27.3 Å². The van der Waals surface area contributed by atoms with Gasteiger partial charge < -0.3 is 10.1 Å². The van der Waals surface area contributed by atoms with Crippen molar-refractivity contribution in [1.82, 2.24) is 9.36 Å². The first-order valence-electron chi connectivity index (χ1n) is 6.46. The molecule has 0 radical (unpaired) electrons. The Labute approximate surface area is 126 Å². The monoisotopic (exact) mass is 311 g/mol. The Morgan fingerprint density at radius 2 is 2.25 bits per heavy atom. The summed E-state index contributed by atoms with van der Waals surface area (Å²) >= 11 is 2.95. The van der Waals surface area contributed by atoms with Crippen molar-refractivity contribution in [3.8, 4) is 0 Å². The molecule has 0 unspecified atom stereocenters. The van der Waals surface area contributed by atoms with Crippen molar-refractivity contribution in [3.63, 3.8) is 0 Å². The molecule has 0 spiro atoms. The molecule has 2 rings (SSSR count). The summed E-state index contributed by atoms with van der Waals surface area (Å²) in [5.74, 6) is -0.324. The lowest BCUT2D eigenvalue weighted by Gasteiger charge is -2.05. The van der Waals surface area contributed by atoms with Crippen LogP contribution in [0.15, 0.2) is 6.20 Å². The Balaban J connectivity index is 2.07. The van der Waals surface area contributed by atoms with Crippen LogP contribution in [-0.2, 0) is 17.7 Å². The lowest BCUT2D eigenvalue weighted by molar-refractivity contribution is 0.0527. The van der Waals surface area contributed by atoms with Crippen LogP contribution in [0, 0.1) is 6.92 Å². The fraction of sp³-hybridized carbons (Fsp3) is 0.462. The predicted molar refractivity (Wildman–Crippen MR) is 81.6 cm³/mol. The minimum Gasteiger partial charge on any atom is -0.462 e. The van der Waals surface area contributed by atoms with Gasteiger partial charge in [0.05, 0.1) is 18.8 Å². The van der Waals surface area contributed by atoms with Crippen LogP contribution in [0.1, 0.15) is 39.8 Å². The van der Waals surface area contributed by atoms with Crippen LogP contribution in [0.5, 0.6) is 0 Å². The van der Waals surface area contributed by atoms with Gasteiger partial charge in [-0.2, -0.15) is 4.37 Å². The molecule has 5 nitrogen and oxygen atoms in total. The highest BCUT2D eigenvalue weighted by atomic mass is 32.1. The third kappa shape index (κ3) is 3.34. The number of ether oxygens (including phenoxy) is 1. The molecule has 2 aromatic rings. The zero-order chi connectivity index (χ0) is 14.5. The molecular formula is C13H17N3O2S2. The average molecular weight is 311 g/mol. The number of nitrogens with zero attached hydrogens (tertiary/aromatic N) is 2. The van der Waals surface area contributed by atoms with E-state index in [-0.39, 0.29) is 5.97 Å². The molecule has 0 aliphatic carbocycles. The summed E-state index contributed by atoms with van der Waals surface area (Å²) in [7, 11) is 0. The maximum Gasteiger partial charge on any atom is 0.343 e. The molecule has 0 amide bonds. The Bertz CT molecular complexity index is 592. The van der Waals surface area contributed by atoms with Gasteiger partial charge in [0.25, 0.3) is 0 Å². The molecule has 0 aliphatic heterocycles. The van der Waals surface area contributed by atoms with E-state index in [1.807, 2.05) is 13.1 Å². The molecule has 108 valence electrons. The van der Waals surface area contributed by atoms with E-state index >= 15 is 0 Å². The van der Waals surface area contributed by atoms with E-state index in [1.165, 1.54) is 16.4 Å². The molecule has 0 aromatic carbocycles. The van der Waals surface area contributed by atoms with Crippen molar-refractivity contribution in [2.24, 2.45) is 0 Å². The standard InChI is InChI=1S/C13H17N3O2S2/c1-4-9-6-14-10(19-9)7-15-12-11(8(3)16-20-12)13(17)18-5-2/h6,15H,4-5,7H2,1-3H3. The number of thiazole rings is 1. The number of aromatic nitrogens is 2. The summed E-state index contributed by atoms with van der Waals surface area (Å²) < 4.78 is 9.27. The Kier molecular flexibility index (Phi) is 5.08. The first kappa shape index (κ1) is 14.9. The fourth-order valence-corrected chi connectivity index (χ4v) is 3.26. The van der Waals surface area contributed by atoms with Crippen LogP contribution >= 0.6 is 22.9 Å². The zero-order valence-corrected chi connectivity index (χ0v) is 13.4. The largest absolute Gasteiger partial charge is 0.462 e. The van der Waals surface area contributed by atoms with Gasteiger partial charge in [-0.05, 0) is 31.8 Å². The van der Waals surface area contributed by atoms with Gasteiger partial charge in [0.15, 0.2) is 0 Å². The van der Waals surface area contributed by atoms with Gasteiger partial charge in [-0.25, -0.2) is 9.78 Å². The van der Waals surface area contributed by atoms with Gasteiger partial charge in [0.1, 0.15) is 15.6 Å². The number of hydrogen-bond donors (Lipinski definition) is 1. The highest BCUT2D eigenvalue weighted by molar-refractivity contribution is 7.11. The quantitative estimate of drug-likeness (QED) is 0.830. The molecule has 2 aromatic heterocycles. The van der Waals surface area contributed by atoms with Gasteiger partial charge in [-0.3, -0.25) is 0 Å². The minimum absolute atomic E-state index is 0.324. The van der Waals surface area contributed by atoms with Gasteiger partial charge in [0, 0.05) is 11.1 Å². The number of aryl methyl sites for hydroxylation is 2. The average Bonchev–Trinajstić information content (AvgIpc) is 3.03. The van der Waals surface area contributed by atoms with Crippen molar-refractivity contribution in [2.75, 3.05) is 11.9 Å². The third-order valence-corrected chi connectivity index (χ3v) is 4.73. The maximum absolute atomic E-state index is 11.9. The first-order valence-corrected chi connectivity index (χ1v) is 8.05. The van der Waals surface area contributed by atoms with Crippen LogP contribution < -0.4 is 5.32 Å². The third-order valence-electron chi connectivity index (χ3n) is 2.69. The van der Waals surface area contributed by atoms with E-state index in [0.717, 1.165) is 16.4 Å². The summed E-state index contributed by atoms with van der Waals surface area (Å²) in [4.78, 5) is 17.5. The summed E-state index contributed by atoms with van der Waals surface area (Å²) in [5.41, 5.74) is 1.23. The zero-order valence-electron chi connectivity index (χ0n) is 11.7. The van der Waals surface area contributed by atoms with Gasteiger partial charge in [0.2, 0.25) is 0 Å². The number of carbonyl (C=O) groups is 1. The lowest BCUT2D eigenvalue weighted by atomic mass is 10.2. The molecule has 0 aliphatic rings. The van der Waals surface area contributed by atoms with Crippen LogP contribution in [0.25, 0.3) is 0 Å². The minimum atomic E-state index is -0.324. The molecule has 7 heteroatoms. The molecule has 0 fully saturated rings. The molecular weight excluding hydrogens is 294 g/mol. The molecule has 0 bridgehead atoms. The topological polar surface area (TPSA) is 64.1 Å². The summed E-state index contributed by atoms with van der Waals surface area (Å²) in [6.07, 6.45) is 2.89. The van der Waals surface area contributed by atoms with Crippen LogP contribution in [0.2, 0.25) is 0 Å².